The van der Waals surface area contributed by atoms with Crippen LogP contribution in [0.3, 0.4) is 0 Å². The number of alkyl halides is 4. The molecule has 1 atom stereocenters. The van der Waals surface area contributed by atoms with Gasteiger partial charge in [-0.05, 0) is 12.5 Å². The molecular formula is C10H8ClF5. The van der Waals surface area contributed by atoms with E-state index in [0.717, 1.165) is 12.1 Å². The van der Waals surface area contributed by atoms with E-state index in [4.69, 9.17) is 11.6 Å². The quantitative estimate of drug-likeness (QED) is 0.550. The van der Waals surface area contributed by atoms with E-state index in [0.29, 0.717) is 6.07 Å². The highest BCUT2D eigenvalue weighted by Gasteiger charge is 2.28. The summed E-state index contributed by atoms with van der Waals surface area (Å²) in [6.07, 6.45) is -5.87. The van der Waals surface area contributed by atoms with Crippen molar-refractivity contribution in [1.82, 2.24) is 0 Å². The molecule has 0 saturated heterocycles. The van der Waals surface area contributed by atoms with E-state index in [1.54, 1.807) is 0 Å². The normalized spacial score (nSPS) is 13.9. The van der Waals surface area contributed by atoms with Gasteiger partial charge in [0.1, 0.15) is 11.6 Å². The Kier molecular flexibility index (Phi) is 4.13. The third kappa shape index (κ3) is 3.96. The number of hydrogen-bond donors (Lipinski definition) is 0. The molecule has 16 heavy (non-hydrogen) atoms. The predicted molar refractivity (Wildman–Crippen MR) is 50.2 cm³/mol. The molecule has 0 radical (unpaired) electrons. The summed E-state index contributed by atoms with van der Waals surface area (Å²) in [7, 11) is 0. The Hall–Kier alpha value is -0.840. The molecule has 0 N–H and O–H groups in total. The van der Waals surface area contributed by atoms with Crippen LogP contribution >= 0.6 is 11.6 Å². The summed E-state index contributed by atoms with van der Waals surface area (Å²) < 4.78 is 61.3. The Bertz CT molecular complexity index is 361. The van der Waals surface area contributed by atoms with E-state index >= 15 is 0 Å². The van der Waals surface area contributed by atoms with Gasteiger partial charge in [-0.2, -0.15) is 13.2 Å². The zero-order valence-electron chi connectivity index (χ0n) is 7.99. The Balaban J connectivity index is 2.70. The van der Waals surface area contributed by atoms with Crippen LogP contribution in [0.5, 0.6) is 0 Å². The minimum absolute atomic E-state index is 0.118. The van der Waals surface area contributed by atoms with E-state index in [9.17, 15) is 22.0 Å². The number of hydrogen-bond acceptors (Lipinski definition) is 0. The second-order valence-electron chi connectivity index (χ2n) is 3.29. The second-order valence-corrected chi connectivity index (χ2v) is 3.81. The zero-order chi connectivity index (χ0) is 12.3. The highest BCUT2D eigenvalue weighted by Crippen LogP contribution is 2.32. The van der Waals surface area contributed by atoms with Crippen molar-refractivity contribution in [2.45, 2.75) is 24.4 Å². The third-order valence-corrected chi connectivity index (χ3v) is 2.43. The van der Waals surface area contributed by atoms with Crippen molar-refractivity contribution >= 4 is 11.6 Å². The summed E-state index contributed by atoms with van der Waals surface area (Å²) >= 11 is 5.61. The lowest BCUT2D eigenvalue weighted by Gasteiger charge is -2.12. The van der Waals surface area contributed by atoms with Gasteiger partial charge in [-0.1, -0.05) is 6.07 Å². The first-order chi connectivity index (χ1) is 7.29. The SMILES string of the molecule is Fc1ccc(C(Cl)CCC(F)(F)F)c(F)c1. The van der Waals surface area contributed by atoms with Crippen LogP contribution in [0.2, 0.25) is 0 Å². The molecule has 0 saturated carbocycles. The Morgan fingerprint density at radius 1 is 1.19 bits per heavy atom. The van der Waals surface area contributed by atoms with Crippen LogP contribution < -0.4 is 0 Å². The maximum atomic E-state index is 13.1. The maximum Gasteiger partial charge on any atom is 0.389 e. The van der Waals surface area contributed by atoms with Crippen molar-refractivity contribution < 1.29 is 22.0 Å². The minimum Gasteiger partial charge on any atom is -0.207 e. The molecular weight excluding hydrogens is 251 g/mol. The summed E-state index contributed by atoms with van der Waals surface area (Å²) in [5.41, 5.74) is -0.118. The number of rotatable bonds is 3. The lowest BCUT2D eigenvalue weighted by Crippen LogP contribution is -2.08. The average molecular weight is 259 g/mol. The molecule has 1 rings (SSSR count). The van der Waals surface area contributed by atoms with Gasteiger partial charge in [0.05, 0.1) is 5.38 Å². The smallest absolute Gasteiger partial charge is 0.207 e. The fourth-order valence-electron chi connectivity index (χ4n) is 1.20. The fourth-order valence-corrected chi connectivity index (χ4v) is 1.49. The monoisotopic (exact) mass is 258 g/mol. The molecule has 0 fully saturated rings. The van der Waals surface area contributed by atoms with Crippen molar-refractivity contribution in [3.63, 3.8) is 0 Å². The highest BCUT2D eigenvalue weighted by atomic mass is 35.5. The van der Waals surface area contributed by atoms with Gasteiger partial charge < -0.3 is 0 Å². The van der Waals surface area contributed by atoms with Gasteiger partial charge in [0.15, 0.2) is 0 Å². The number of benzene rings is 1. The summed E-state index contributed by atoms with van der Waals surface area (Å²) in [6, 6.07) is 2.61. The lowest BCUT2D eigenvalue weighted by atomic mass is 10.1. The van der Waals surface area contributed by atoms with Gasteiger partial charge in [0, 0.05) is 18.1 Å². The van der Waals surface area contributed by atoms with Crippen LogP contribution in [0.1, 0.15) is 23.8 Å². The van der Waals surface area contributed by atoms with Crippen molar-refractivity contribution in [2.75, 3.05) is 0 Å². The van der Waals surface area contributed by atoms with Gasteiger partial charge in [0.25, 0.3) is 0 Å². The molecule has 1 aromatic carbocycles. The molecule has 0 heterocycles. The maximum absolute atomic E-state index is 13.1. The minimum atomic E-state index is -4.33. The summed E-state index contributed by atoms with van der Waals surface area (Å²) in [5.74, 6) is -1.72. The predicted octanol–water partition coefficient (Wildman–Crippen LogP) is 4.59. The molecule has 0 aromatic heterocycles. The van der Waals surface area contributed by atoms with Gasteiger partial charge in [-0.15, -0.1) is 11.6 Å². The standard InChI is InChI=1S/C10H8ClF5/c11-8(3-4-10(14,15)16)7-2-1-6(12)5-9(7)13/h1-2,5,8H,3-4H2. The largest absolute Gasteiger partial charge is 0.389 e. The van der Waals surface area contributed by atoms with Crippen LogP contribution in [-0.2, 0) is 0 Å². The molecule has 1 unspecified atom stereocenters. The first-order valence-electron chi connectivity index (χ1n) is 4.45. The molecule has 0 bridgehead atoms. The molecule has 0 aliphatic carbocycles. The van der Waals surface area contributed by atoms with Crippen LogP contribution in [0.25, 0.3) is 0 Å². The molecule has 90 valence electrons. The fraction of sp³-hybridized carbons (Fsp3) is 0.400. The van der Waals surface area contributed by atoms with Crippen LogP contribution in [0.4, 0.5) is 22.0 Å². The van der Waals surface area contributed by atoms with E-state index in [-0.39, 0.29) is 5.56 Å². The van der Waals surface area contributed by atoms with Crippen LogP contribution in [0, 0.1) is 11.6 Å². The molecule has 0 aliphatic heterocycles. The van der Waals surface area contributed by atoms with Gasteiger partial charge >= 0.3 is 6.18 Å². The highest BCUT2D eigenvalue weighted by molar-refractivity contribution is 6.20. The first-order valence-corrected chi connectivity index (χ1v) is 4.89. The molecule has 6 heteroatoms. The van der Waals surface area contributed by atoms with Crippen LogP contribution in [-0.4, -0.2) is 6.18 Å². The van der Waals surface area contributed by atoms with Crippen molar-refractivity contribution in [1.29, 1.82) is 0 Å². The Morgan fingerprint density at radius 3 is 2.31 bits per heavy atom. The third-order valence-electron chi connectivity index (χ3n) is 1.98. The Morgan fingerprint density at radius 2 is 1.81 bits per heavy atom. The van der Waals surface area contributed by atoms with Crippen LogP contribution in [0.15, 0.2) is 18.2 Å². The number of halogens is 6. The van der Waals surface area contributed by atoms with E-state index < -0.39 is 36.0 Å². The summed E-state index contributed by atoms with van der Waals surface area (Å²) in [5, 5.41) is -1.11. The molecule has 0 spiro atoms. The first kappa shape index (κ1) is 13.2. The van der Waals surface area contributed by atoms with E-state index in [1.807, 2.05) is 0 Å². The molecule has 1 aromatic rings. The average Bonchev–Trinajstić information content (AvgIpc) is 2.13. The van der Waals surface area contributed by atoms with Crippen molar-refractivity contribution in [2.24, 2.45) is 0 Å². The summed E-state index contributed by atoms with van der Waals surface area (Å²) in [4.78, 5) is 0. The second kappa shape index (κ2) is 4.99. The van der Waals surface area contributed by atoms with Gasteiger partial charge in [-0.3, -0.25) is 0 Å². The molecule has 0 nitrogen and oxygen atoms in total. The van der Waals surface area contributed by atoms with E-state index in [1.165, 1.54) is 0 Å². The van der Waals surface area contributed by atoms with Crippen molar-refractivity contribution in [3.05, 3.63) is 35.4 Å². The van der Waals surface area contributed by atoms with Crippen molar-refractivity contribution in [3.8, 4) is 0 Å². The van der Waals surface area contributed by atoms with Gasteiger partial charge in [0.2, 0.25) is 0 Å². The topological polar surface area (TPSA) is 0 Å². The van der Waals surface area contributed by atoms with E-state index in [2.05, 4.69) is 0 Å². The Labute approximate surface area is 94.0 Å². The lowest BCUT2D eigenvalue weighted by molar-refractivity contribution is -0.135. The molecule has 0 aliphatic rings. The zero-order valence-corrected chi connectivity index (χ0v) is 8.75. The molecule has 0 amide bonds. The summed E-state index contributed by atoms with van der Waals surface area (Å²) in [6.45, 7) is 0. The van der Waals surface area contributed by atoms with Gasteiger partial charge in [-0.25, -0.2) is 8.78 Å².